The van der Waals surface area contributed by atoms with Crippen molar-refractivity contribution in [3.05, 3.63) is 89.0 Å². The van der Waals surface area contributed by atoms with Crippen LogP contribution in [0, 0.1) is 5.92 Å². The third-order valence-electron chi connectivity index (χ3n) is 5.69. The molecule has 1 amide bonds. The zero-order chi connectivity index (χ0) is 20.8. The molecule has 0 atom stereocenters. The van der Waals surface area contributed by atoms with E-state index in [9.17, 15) is 4.79 Å². The van der Waals surface area contributed by atoms with Crippen LogP contribution in [0.1, 0.15) is 29.5 Å². The van der Waals surface area contributed by atoms with E-state index in [1.54, 1.807) is 6.20 Å². The van der Waals surface area contributed by atoms with Crippen molar-refractivity contribution in [2.45, 2.75) is 32.5 Å². The van der Waals surface area contributed by atoms with E-state index in [4.69, 9.17) is 11.6 Å². The van der Waals surface area contributed by atoms with Gasteiger partial charge in [-0.05, 0) is 54.8 Å². The number of hydrogen-bond donors (Lipinski definition) is 1. The SMILES string of the molecule is O=C(NCc1ccc(Cn2ccnc2)cc1)C1CCN(Cc2ccc(Cl)cc2)CC1. The molecule has 2 heterocycles. The Bertz CT molecular complexity index is 930. The first-order chi connectivity index (χ1) is 14.7. The Morgan fingerprint density at radius 2 is 1.60 bits per heavy atom. The van der Waals surface area contributed by atoms with Crippen molar-refractivity contribution in [3.8, 4) is 0 Å². The Hall–Kier alpha value is -2.63. The van der Waals surface area contributed by atoms with Crippen LogP contribution >= 0.6 is 11.6 Å². The predicted molar refractivity (Wildman–Crippen MR) is 119 cm³/mol. The lowest BCUT2D eigenvalue weighted by Crippen LogP contribution is -2.40. The first-order valence-corrected chi connectivity index (χ1v) is 10.8. The molecule has 0 bridgehead atoms. The normalized spacial score (nSPS) is 15.2. The van der Waals surface area contributed by atoms with Crippen molar-refractivity contribution in [3.63, 3.8) is 0 Å². The van der Waals surface area contributed by atoms with Crippen LogP contribution in [0.25, 0.3) is 0 Å². The van der Waals surface area contributed by atoms with Gasteiger partial charge in [-0.2, -0.15) is 0 Å². The number of nitrogens with zero attached hydrogens (tertiary/aromatic N) is 3. The molecule has 0 unspecified atom stereocenters. The molecule has 1 aliphatic rings. The second-order valence-electron chi connectivity index (χ2n) is 7.95. The molecule has 2 aromatic carbocycles. The number of benzene rings is 2. The molecule has 6 heteroatoms. The first kappa shape index (κ1) is 20.6. The fourth-order valence-electron chi connectivity index (χ4n) is 3.89. The number of aromatic nitrogens is 2. The number of piperidine rings is 1. The molecule has 5 nitrogen and oxygen atoms in total. The summed E-state index contributed by atoms with van der Waals surface area (Å²) in [6.45, 7) is 4.20. The maximum absolute atomic E-state index is 12.6. The summed E-state index contributed by atoms with van der Waals surface area (Å²) in [7, 11) is 0. The van der Waals surface area contributed by atoms with Gasteiger partial charge in [0.1, 0.15) is 0 Å². The van der Waals surface area contributed by atoms with Crippen LogP contribution in [0.2, 0.25) is 5.02 Å². The lowest BCUT2D eigenvalue weighted by Gasteiger charge is -2.31. The molecule has 0 radical (unpaired) electrons. The average Bonchev–Trinajstić information content (AvgIpc) is 3.28. The lowest BCUT2D eigenvalue weighted by atomic mass is 9.95. The highest BCUT2D eigenvalue weighted by atomic mass is 35.5. The summed E-state index contributed by atoms with van der Waals surface area (Å²) in [6.07, 6.45) is 7.36. The molecule has 4 rings (SSSR count). The Labute approximate surface area is 182 Å². The molecule has 0 saturated carbocycles. The van der Waals surface area contributed by atoms with Crippen LogP contribution in [-0.2, 0) is 24.4 Å². The van der Waals surface area contributed by atoms with Crippen LogP contribution in [0.15, 0.2) is 67.3 Å². The third kappa shape index (κ3) is 5.71. The highest BCUT2D eigenvalue weighted by Crippen LogP contribution is 2.20. The Kier molecular flexibility index (Phi) is 6.82. The molecule has 0 aliphatic carbocycles. The largest absolute Gasteiger partial charge is 0.352 e. The summed E-state index contributed by atoms with van der Waals surface area (Å²) in [5.74, 6) is 0.274. The molecule has 1 aliphatic heterocycles. The van der Waals surface area contributed by atoms with Crippen molar-refractivity contribution in [2.75, 3.05) is 13.1 Å². The summed E-state index contributed by atoms with van der Waals surface area (Å²) >= 11 is 5.96. The van der Waals surface area contributed by atoms with Crippen LogP contribution in [0.5, 0.6) is 0 Å². The van der Waals surface area contributed by atoms with Gasteiger partial charge in [-0.3, -0.25) is 9.69 Å². The molecule has 1 saturated heterocycles. The second kappa shape index (κ2) is 9.92. The van der Waals surface area contributed by atoms with Gasteiger partial charge in [0.05, 0.1) is 6.33 Å². The first-order valence-electron chi connectivity index (χ1n) is 10.4. The zero-order valence-electron chi connectivity index (χ0n) is 17.0. The molecule has 3 aromatic rings. The molecular formula is C24H27ClN4O. The third-order valence-corrected chi connectivity index (χ3v) is 5.94. The van der Waals surface area contributed by atoms with Crippen LogP contribution < -0.4 is 5.32 Å². The maximum atomic E-state index is 12.6. The minimum Gasteiger partial charge on any atom is -0.352 e. The van der Waals surface area contributed by atoms with Gasteiger partial charge in [0, 0.05) is 43.0 Å². The minimum atomic E-state index is 0.104. The Morgan fingerprint density at radius 1 is 0.967 bits per heavy atom. The van der Waals surface area contributed by atoms with E-state index in [1.165, 1.54) is 11.1 Å². The summed E-state index contributed by atoms with van der Waals surface area (Å²) in [5, 5.41) is 3.88. The van der Waals surface area contributed by atoms with Gasteiger partial charge < -0.3 is 9.88 Å². The van der Waals surface area contributed by atoms with Gasteiger partial charge in [0.25, 0.3) is 0 Å². The second-order valence-corrected chi connectivity index (χ2v) is 8.38. The van der Waals surface area contributed by atoms with Gasteiger partial charge in [-0.15, -0.1) is 0 Å². The topological polar surface area (TPSA) is 50.2 Å². The van der Waals surface area contributed by atoms with Crippen molar-refractivity contribution < 1.29 is 4.79 Å². The molecule has 1 fully saturated rings. The Morgan fingerprint density at radius 3 is 2.27 bits per heavy atom. The minimum absolute atomic E-state index is 0.104. The predicted octanol–water partition coefficient (Wildman–Crippen LogP) is 4.11. The number of rotatable bonds is 7. The molecule has 30 heavy (non-hydrogen) atoms. The van der Waals surface area contributed by atoms with Crippen LogP contribution in [-0.4, -0.2) is 33.4 Å². The molecule has 1 aromatic heterocycles. The number of nitrogens with one attached hydrogen (secondary N) is 1. The lowest BCUT2D eigenvalue weighted by molar-refractivity contribution is -0.126. The highest BCUT2D eigenvalue weighted by molar-refractivity contribution is 6.30. The number of imidazole rings is 1. The number of carbonyl (C=O) groups excluding carboxylic acids is 1. The monoisotopic (exact) mass is 422 g/mol. The van der Waals surface area contributed by atoms with E-state index in [0.29, 0.717) is 6.54 Å². The smallest absolute Gasteiger partial charge is 0.223 e. The quantitative estimate of drug-likeness (QED) is 0.623. The van der Waals surface area contributed by atoms with Crippen molar-refractivity contribution in [1.82, 2.24) is 19.8 Å². The molecular weight excluding hydrogens is 396 g/mol. The Balaban J connectivity index is 1.20. The van der Waals surface area contributed by atoms with Crippen LogP contribution in [0.4, 0.5) is 0 Å². The molecule has 156 valence electrons. The van der Waals surface area contributed by atoms with Gasteiger partial charge in [-0.25, -0.2) is 4.98 Å². The zero-order valence-corrected chi connectivity index (χ0v) is 17.8. The van der Waals surface area contributed by atoms with Gasteiger partial charge in [0.2, 0.25) is 5.91 Å². The van der Waals surface area contributed by atoms with Gasteiger partial charge in [0.15, 0.2) is 0 Å². The van der Waals surface area contributed by atoms with E-state index in [1.807, 2.05) is 29.2 Å². The van der Waals surface area contributed by atoms with E-state index >= 15 is 0 Å². The van der Waals surface area contributed by atoms with Crippen LogP contribution in [0.3, 0.4) is 0 Å². The fraction of sp³-hybridized carbons (Fsp3) is 0.333. The van der Waals surface area contributed by atoms with Gasteiger partial charge in [-0.1, -0.05) is 48.0 Å². The maximum Gasteiger partial charge on any atom is 0.223 e. The number of amides is 1. The summed E-state index contributed by atoms with van der Waals surface area (Å²) in [6, 6.07) is 16.4. The van der Waals surface area contributed by atoms with Crippen molar-refractivity contribution in [2.24, 2.45) is 5.92 Å². The van der Waals surface area contributed by atoms with Gasteiger partial charge >= 0.3 is 0 Å². The summed E-state index contributed by atoms with van der Waals surface area (Å²) in [4.78, 5) is 19.1. The summed E-state index contributed by atoms with van der Waals surface area (Å²) in [5.41, 5.74) is 3.60. The fourth-order valence-corrected chi connectivity index (χ4v) is 4.01. The van der Waals surface area contributed by atoms with E-state index in [2.05, 4.69) is 51.6 Å². The molecule has 0 spiro atoms. The van der Waals surface area contributed by atoms with Crippen molar-refractivity contribution >= 4 is 17.5 Å². The van der Waals surface area contributed by atoms with E-state index in [-0.39, 0.29) is 11.8 Å². The standard InChI is InChI=1S/C24H27ClN4O/c25-23-7-5-21(6-8-23)16-28-12-9-22(10-13-28)24(30)27-15-19-1-3-20(4-2-19)17-29-14-11-26-18-29/h1-8,11,14,18,22H,9-10,12-13,15-17H2,(H,27,30). The van der Waals surface area contributed by atoms with E-state index in [0.717, 1.165) is 49.6 Å². The number of carbonyl (C=O) groups is 1. The van der Waals surface area contributed by atoms with Crippen molar-refractivity contribution in [1.29, 1.82) is 0 Å². The molecule has 1 N–H and O–H groups in total. The summed E-state index contributed by atoms with van der Waals surface area (Å²) < 4.78 is 2.04. The number of halogens is 1. The highest BCUT2D eigenvalue weighted by Gasteiger charge is 2.24. The van der Waals surface area contributed by atoms with E-state index < -0.39 is 0 Å². The number of hydrogen-bond acceptors (Lipinski definition) is 3. The average molecular weight is 423 g/mol. The number of likely N-dealkylation sites (tertiary alicyclic amines) is 1.